The molecule has 0 radical (unpaired) electrons. The van der Waals surface area contributed by atoms with Crippen molar-refractivity contribution in [3.63, 3.8) is 0 Å². The molecule has 2 rings (SSSR count). The quantitative estimate of drug-likeness (QED) is 0.852. The molecule has 2 N–H and O–H groups in total. The highest BCUT2D eigenvalue weighted by Gasteiger charge is 2.40. The van der Waals surface area contributed by atoms with Crippen LogP contribution < -0.4 is 10.1 Å². The van der Waals surface area contributed by atoms with Gasteiger partial charge in [-0.05, 0) is 49.9 Å². The molecule has 1 fully saturated rings. The van der Waals surface area contributed by atoms with E-state index in [4.69, 9.17) is 9.84 Å². The monoisotopic (exact) mass is 249 g/mol. The lowest BCUT2D eigenvalue weighted by atomic mass is 9.91. The largest absolute Gasteiger partial charge is 0.497 e. The van der Waals surface area contributed by atoms with E-state index in [0.29, 0.717) is 12.3 Å². The van der Waals surface area contributed by atoms with Gasteiger partial charge in [0.2, 0.25) is 0 Å². The molecule has 0 spiro atoms. The third-order valence-electron chi connectivity index (χ3n) is 3.61. The van der Waals surface area contributed by atoms with Gasteiger partial charge in [0, 0.05) is 0 Å². The predicted octanol–water partition coefficient (Wildman–Crippen LogP) is 1.69. The van der Waals surface area contributed by atoms with Gasteiger partial charge in [0.1, 0.15) is 11.3 Å². The highest BCUT2D eigenvalue weighted by Crippen LogP contribution is 2.27. The van der Waals surface area contributed by atoms with E-state index in [0.717, 1.165) is 18.7 Å². The molecular weight excluding hydrogens is 230 g/mol. The Morgan fingerprint density at radius 2 is 2.39 bits per heavy atom. The Hall–Kier alpha value is -1.55. The molecule has 1 aliphatic rings. The standard InChI is InChI=1S/C14H19NO3/c1-14(13(16)17)8-11(9-15-14)6-10-4-3-5-12(7-10)18-2/h3-5,7,11,15H,6,8-9H2,1-2H3,(H,16,17). The second-order valence-corrected chi connectivity index (χ2v) is 5.14. The second kappa shape index (κ2) is 4.98. The molecule has 4 nitrogen and oxygen atoms in total. The van der Waals surface area contributed by atoms with Crippen LogP contribution in [0, 0.1) is 5.92 Å². The molecule has 0 saturated carbocycles. The molecule has 0 aromatic heterocycles. The zero-order chi connectivity index (χ0) is 13.2. The molecule has 0 aliphatic carbocycles. The average molecular weight is 249 g/mol. The average Bonchev–Trinajstić information content (AvgIpc) is 2.72. The molecule has 1 aromatic rings. The van der Waals surface area contributed by atoms with E-state index < -0.39 is 11.5 Å². The van der Waals surface area contributed by atoms with Gasteiger partial charge in [0.25, 0.3) is 0 Å². The molecule has 1 heterocycles. The van der Waals surface area contributed by atoms with Crippen LogP contribution in [-0.2, 0) is 11.2 Å². The molecule has 0 bridgehead atoms. The summed E-state index contributed by atoms with van der Waals surface area (Å²) in [7, 11) is 1.65. The lowest BCUT2D eigenvalue weighted by Crippen LogP contribution is -2.44. The fourth-order valence-corrected chi connectivity index (χ4v) is 2.53. The molecule has 2 unspecified atom stereocenters. The Balaban J connectivity index is 2.01. The number of nitrogens with one attached hydrogen (secondary N) is 1. The first-order chi connectivity index (χ1) is 8.53. The van der Waals surface area contributed by atoms with Crippen LogP contribution in [0.2, 0.25) is 0 Å². The number of carboxylic acids is 1. The Labute approximate surface area is 107 Å². The molecule has 0 amide bonds. The maximum Gasteiger partial charge on any atom is 0.323 e. The number of carbonyl (C=O) groups is 1. The van der Waals surface area contributed by atoms with Gasteiger partial charge < -0.3 is 15.2 Å². The van der Waals surface area contributed by atoms with Crippen LogP contribution in [0.3, 0.4) is 0 Å². The van der Waals surface area contributed by atoms with Crippen molar-refractivity contribution in [2.45, 2.75) is 25.3 Å². The highest BCUT2D eigenvalue weighted by atomic mass is 16.5. The van der Waals surface area contributed by atoms with Crippen molar-refractivity contribution in [3.05, 3.63) is 29.8 Å². The van der Waals surface area contributed by atoms with Gasteiger partial charge in [0.05, 0.1) is 7.11 Å². The summed E-state index contributed by atoms with van der Waals surface area (Å²) in [6.07, 6.45) is 1.55. The van der Waals surface area contributed by atoms with Crippen LogP contribution in [-0.4, -0.2) is 30.3 Å². The van der Waals surface area contributed by atoms with Gasteiger partial charge in [-0.1, -0.05) is 12.1 Å². The summed E-state index contributed by atoms with van der Waals surface area (Å²) in [5.41, 5.74) is 0.416. The van der Waals surface area contributed by atoms with Crippen molar-refractivity contribution < 1.29 is 14.6 Å². The predicted molar refractivity (Wildman–Crippen MR) is 68.8 cm³/mol. The molecule has 18 heavy (non-hydrogen) atoms. The van der Waals surface area contributed by atoms with E-state index in [-0.39, 0.29) is 0 Å². The van der Waals surface area contributed by atoms with Crippen LogP contribution >= 0.6 is 0 Å². The van der Waals surface area contributed by atoms with Crippen molar-refractivity contribution in [3.8, 4) is 5.75 Å². The van der Waals surface area contributed by atoms with Crippen molar-refractivity contribution in [2.24, 2.45) is 5.92 Å². The summed E-state index contributed by atoms with van der Waals surface area (Å²) in [4.78, 5) is 11.1. The summed E-state index contributed by atoms with van der Waals surface area (Å²) in [6.45, 7) is 2.50. The number of hydrogen-bond acceptors (Lipinski definition) is 3. The highest BCUT2D eigenvalue weighted by molar-refractivity contribution is 5.78. The zero-order valence-electron chi connectivity index (χ0n) is 10.8. The van der Waals surface area contributed by atoms with Crippen LogP contribution in [0.25, 0.3) is 0 Å². The number of methoxy groups -OCH3 is 1. The second-order valence-electron chi connectivity index (χ2n) is 5.14. The first-order valence-corrected chi connectivity index (χ1v) is 6.15. The number of aliphatic carboxylic acids is 1. The first kappa shape index (κ1) is 12.9. The number of ether oxygens (including phenoxy) is 1. The van der Waals surface area contributed by atoms with Gasteiger partial charge >= 0.3 is 5.97 Å². The lowest BCUT2D eigenvalue weighted by molar-refractivity contribution is -0.143. The van der Waals surface area contributed by atoms with Crippen molar-refractivity contribution in [1.29, 1.82) is 0 Å². The summed E-state index contributed by atoms with van der Waals surface area (Å²) in [6, 6.07) is 7.94. The number of carboxylic acid groups (broad SMARTS) is 1. The summed E-state index contributed by atoms with van der Waals surface area (Å²) in [5, 5.41) is 12.3. The summed E-state index contributed by atoms with van der Waals surface area (Å²) in [5.74, 6) is 0.438. The smallest absolute Gasteiger partial charge is 0.323 e. The maximum atomic E-state index is 11.1. The third-order valence-corrected chi connectivity index (χ3v) is 3.61. The van der Waals surface area contributed by atoms with E-state index >= 15 is 0 Å². The van der Waals surface area contributed by atoms with Crippen molar-refractivity contribution >= 4 is 5.97 Å². The van der Waals surface area contributed by atoms with Crippen LogP contribution in [0.4, 0.5) is 0 Å². The number of benzene rings is 1. The topological polar surface area (TPSA) is 58.6 Å². The van der Waals surface area contributed by atoms with E-state index in [1.807, 2.05) is 18.2 Å². The van der Waals surface area contributed by atoms with Crippen LogP contribution in [0.15, 0.2) is 24.3 Å². The first-order valence-electron chi connectivity index (χ1n) is 6.15. The lowest BCUT2D eigenvalue weighted by Gasteiger charge is -2.18. The third kappa shape index (κ3) is 2.64. The van der Waals surface area contributed by atoms with E-state index in [9.17, 15) is 4.79 Å². The van der Waals surface area contributed by atoms with E-state index in [1.165, 1.54) is 5.56 Å². The molecular formula is C14H19NO3. The molecule has 4 heteroatoms. The van der Waals surface area contributed by atoms with Gasteiger partial charge in [0.15, 0.2) is 0 Å². The van der Waals surface area contributed by atoms with E-state index in [2.05, 4.69) is 11.4 Å². The fraction of sp³-hybridized carbons (Fsp3) is 0.500. The minimum absolute atomic E-state index is 0.359. The number of rotatable bonds is 4. The number of hydrogen-bond donors (Lipinski definition) is 2. The Morgan fingerprint density at radius 1 is 1.61 bits per heavy atom. The van der Waals surface area contributed by atoms with Crippen LogP contribution in [0.5, 0.6) is 5.75 Å². The molecule has 1 aliphatic heterocycles. The fourth-order valence-electron chi connectivity index (χ4n) is 2.53. The SMILES string of the molecule is COc1cccc(CC2CNC(C)(C(=O)O)C2)c1. The van der Waals surface area contributed by atoms with E-state index in [1.54, 1.807) is 14.0 Å². The Bertz CT molecular complexity index is 446. The summed E-state index contributed by atoms with van der Waals surface area (Å²) < 4.78 is 5.19. The van der Waals surface area contributed by atoms with Crippen molar-refractivity contribution in [2.75, 3.05) is 13.7 Å². The minimum Gasteiger partial charge on any atom is -0.497 e. The minimum atomic E-state index is -0.774. The molecule has 1 saturated heterocycles. The van der Waals surface area contributed by atoms with Gasteiger partial charge in [-0.2, -0.15) is 0 Å². The maximum absolute atomic E-state index is 11.1. The Morgan fingerprint density at radius 3 is 3.00 bits per heavy atom. The summed E-state index contributed by atoms with van der Waals surface area (Å²) >= 11 is 0. The molecule has 1 aromatic carbocycles. The zero-order valence-corrected chi connectivity index (χ0v) is 10.8. The molecule has 2 atom stereocenters. The molecule has 98 valence electrons. The van der Waals surface area contributed by atoms with Gasteiger partial charge in [-0.15, -0.1) is 0 Å². The normalized spacial score (nSPS) is 27.1. The van der Waals surface area contributed by atoms with Gasteiger partial charge in [-0.25, -0.2) is 0 Å². The van der Waals surface area contributed by atoms with Crippen LogP contribution in [0.1, 0.15) is 18.9 Å². The Kier molecular flexibility index (Phi) is 3.57. The van der Waals surface area contributed by atoms with Gasteiger partial charge in [-0.3, -0.25) is 4.79 Å². The van der Waals surface area contributed by atoms with Crippen molar-refractivity contribution in [1.82, 2.24) is 5.32 Å².